The molecule has 25 heteroatoms. The van der Waals surface area contributed by atoms with Crippen molar-refractivity contribution in [1.29, 1.82) is 5.26 Å². The Morgan fingerprint density at radius 1 is 0.525 bits per heavy atom. The molecule has 0 spiro atoms. The maximum absolute atomic E-state index is 12.3. The van der Waals surface area contributed by atoms with Gasteiger partial charge < -0.3 is 51.9 Å². The number of Topliss-reactive ketones (excluding diaryl/α,β-unsaturated/α-hetero) is 1. The van der Waals surface area contributed by atoms with Gasteiger partial charge in [0.2, 0.25) is 0 Å². The van der Waals surface area contributed by atoms with E-state index in [1.165, 1.54) is 13.0 Å². The van der Waals surface area contributed by atoms with Crippen LogP contribution in [0.2, 0.25) is 19.6 Å². The highest BCUT2D eigenvalue weighted by Gasteiger charge is 2.63. The lowest BCUT2D eigenvalue weighted by Crippen LogP contribution is -2.28. The van der Waals surface area contributed by atoms with Crippen molar-refractivity contribution in [2.45, 2.75) is 89.4 Å². The lowest BCUT2D eigenvalue weighted by atomic mass is 10.0. The van der Waals surface area contributed by atoms with Crippen LogP contribution in [0, 0.1) is 94.3 Å². The number of carbonyl (C=O) groups excluding carboxylic acids is 5. The molecule has 5 aliphatic heterocycles. The molecule has 5 aromatic carbocycles. The third-order valence-corrected chi connectivity index (χ3v) is 21.0. The first-order valence-corrected chi connectivity index (χ1v) is 37.7. The molecule has 5 saturated carbocycles. The first-order chi connectivity index (χ1) is 47.2. The Kier molecular flexibility index (Phi) is 20.3. The first kappa shape index (κ1) is 70.8. The largest absolute Gasteiger partial charge is 0.534 e. The number of ether oxygens (including phenoxy) is 9. The zero-order valence-corrected chi connectivity index (χ0v) is 57.4. The second-order valence-corrected chi connectivity index (χ2v) is 32.8. The number of fused-ring (bicyclic) bond motifs is 15. The van der Waals surface area contributed by atoms with E-state index in [0.717, 1.165) is 68.5 Å². The van der Waals surface area contributed by atoms with Gasteiger partial charge in [-0.1, -0.05) is 67.9 Å². The summed E-state index contributed by atoms with van der Waals surface area (Å²) in [7, 11) is -7.12. The van der Waals surface area contributed by atoms with Crippen molar-refractivity contribution in [2.24, 2.45) is 59.2 Å². The number of nitrogens with zero attached hydrogens (tertiary/aromatic N) is 1. The molecule has 0 bridgehead atoms. The molecule has 5 aliphatic carbocycles. The standard InChI is InChI=1S/C18H22O3Si.C15H16O4.C14H13F3O6S.C14H13NO3.C13H10O3/c1-5-20-18(19)17-14-11-21-15-10-12(8-9-22(2,3)4)6-7-13(15)16(14)17;1-3-18-15(17)14-11-7-19-12-6-9(8(2)16)4-5-10(12)13(11)14;1-2-21-13(18)12-9-6-22-10-5-7(3-4-8(10)11(9)12)23-24(19,20)14(15,16)17;1-2-17-14(16)13-10-7-18-11-5-8(6-15)3-4-9(11)12(10)13;1-2-7-3-4-8-10(5-7)16-6-9-11(8)12(9)13(14)15/h6-7,10,14,16-17H,5,11H2,1-4H3;4-6,11,13-14H,3,7H2,1-2H3;3-5,9,11-12H,2,6H2,1H3;3-5,10,12-13H,2,7H2,1H3;1,3-5,9,11-12H,6H2,(H,14,15)/t14-,16+,17-;11-,13+,14-;9-,11+,12-;10-,12+,13-;9-,11+,12-/m11111/s1. The summed E-state index contributed by atoms with van der Waals surface area (Å²) < 4.78 is 112. The van der Waals surface area contributed by atoms with Crippen molar-refractivity contribution in [3.8, 4) is 64.4 Å². The fourth-order valence-corrected chi connectivity index (χ4v) is 15.1. The van der Waals surface area contributed by atoms with Crippen LogP contribution in [0.4, 0.5) is 13.2 Å². The van der Waals surface area contributed by atoms with E-state index >= 15 is 0 Å². The minimum absolute atomic E-state index is 0.0197. The number of hydrogen-bond acceptors (Lipinski definition) is 19. The van der Waals surface area contributed by atoms with Gasteiger partial charge in [-0.2, -0.15) is 26.9 Å². The first-order valence-electron chi connectivity index (χ1n) is 32.8. The number of halogens is 3. The lowest BCUT2D eigenvalue weighted by molar-refractivity contribution is -0.146. The van der Waals surface area contributed by atoms with E-state index in [1.807, 2.05) is 63.2 Å². The van der Waals surface area contributed by atoms with Crippen LogP contribution in [0.25, 0.3) is 0 Å². The number of carbonyl (C=O) groups is 6. The Morgan fingerprint density at radius 3 is 1.22 bits per heavy atom. The molecule has 0 amide bonds. The molecule has 5 fully saturated rings. The molecule has 99 heavy (non-hydrogen) atoms. The van der Waals surface area contributed by atoms with Crippen molar-refractivity contribution in [3.05, 3.63) is 141 Å². The maximum atomic E-state index is 12.3. The predicted molar refractivity (Wildman–Crippen MR) is 351 cm³/mol. The predicted octanol–water partition coefficient (Wildman–Crippen LogP) is 10.9. The molecular weight excluding hydrogens is 1320 g/mol. The number of esters is 4. The number of terminal acetylenes is 1. The number of carboxylic acid groups (broad SMARTS) is 1. The van der Waals surface area contributed by atoms with E-state index in [0.29, 0.717) is 62.9 Å². The van der Waals surface area contributed by atoms with Gasteiger partial charge in [-0.3, -0.25) is 28.8 Å². The summed E-state index contributed by atoms with van der Waals surface area (Å²) in [4.78, 5) is 69.7. The fraction of sp³-hybridized carbons (Fsp3) is 0.446. The fourth-order valence-electron chi connectivity index (χ4n) is 14.1. The monoisotopic (exact) mass is 1400 g/mol. The number of alkyl halides is 3. The molecule has 15 rings (SSSR count). The summed E-state index contributed by atoms with van der Waals surface area (Å²) in [5, 5.41) is 17.9. The van der Waals surface area contributed by atoms with Gasteiger partial charge in [0, 0.05) is 81.9 Å². The van der Waals surface area contributed by atoms with Crippen molar-refractivity contribution in [3.63, 3.8) is 0 Å². The van der Waals surface area contributed by atoms with Crippen LogP contribution in [-0.4, -0.2) is 122 Å². The third-order valence-electron chi connectivity index (χ3n) is 19.1. The molecule has 15 atom stereocenters. The van der Waals surface area contributed by atoms with Crippen LogP contribution in [0.3, 0.4) is 0 Å². The highest BCUT2D eigenvalue weighted by molar-refractivity contribution is 7.88. The summed E-state index contributed by atoms with van der Waals surface area (Å²) in [6, 6.07) is 28.2. The molecule has 10 aliphatic rings. The topological polar surface area (TPSA) is 273 Å². The zero-order valence-electron chi connectivity index (χ0n) is 55.5. The number of benzene rings is 5. The molecule has 0 saturated heterocycles. The van der Waals surface area contributed by atoms with Gasteiger partial charge in [-0.25, -0.2) is 0 Å². The Hall–Kier alpha value is -9.51. The summed E-state index contributed by atoms with van der Waals surface area (Å²) >= 11 is 0. The van der Waals surface area contributed by atoms with Crippen LogP contribution in [0.1, 0.15) is 119 Å². The molecule has 0 unspecified atom stereocenters. The molecular formula is C74H74F3NO19SSi. The summed E-state index contributed by atoms with van der Waals surface area (Å²) in [5.74, 6) is 7.91. The summed E-state index contributed by atoms with van der Waals surface area (Å²) in [6.07, 6.45) is 5.30. The average Bonchev–Trinajstić information content (AvgIpc) is 1.60. The maximum Gasteiger partial charge on any atom is 0.534 e. The Labute approximate surface area is 572 Å². The van der Waals surface area contributed by atoms with Gasteiger partial charge in [0.05, 0.1) is 101 Å². The van der Waals surface area contributed by atoms with E-state index in [9.17, 15) is 50.4 Å². The molecule has 0 aromatic heterocycles. The highest BCUT2D eigenvalue weighted by atomic mass is 32.2. The number of ketones is 1. The SMILES string of the molecule is C#Cc1ccc2c(c1)OC[C@H]1[C@@H](C(=O)O)[C@@H]21.CCOC(=O)[C@@H]1[C@@H]2COc3cc(C#C[Si](C)(C)C)ccc3[C@@H]21.CCOC(=O)[C@@H]1[C@@H]2COc3cc(C#N)ccc3[C@@H]21.CCOC(=O)[C@@H]1[C@@H]2COc3cc(C(C)=O)ccc3[C@@H]21.CCOC(=O)[C@@H]1[C@@H]2COc3cc(OS(=O)(=O)C(F)(F)F)ccc3[C@@H]21. The zero-order chi connectivity index (χ0) is 71.2. The second-order valence-electron chi connectivity index (χ2n) is 26.5. The highest BCUT2D eigenvalue weighted by Crippen LogP contribution is 2.63. The molecule has 520 valence electrons. The third kappa shape index (κ3) is 14.9. The second kappa shape index (κ2) is 28.4. The summed E-state index contributed by atoms with van der Waals surface area (Å²) in [5.41, 5.74) is 5.65. The molecule has 5 heterocycles. The summed E-state index contributed by atoms with van der Waals surface area (Å²) in [6.45, 7) is 19.3. The molecule has 5 aromatic rings. The van der Waals surface area contributed by atoms with Crippen LogP contribution in [-0.2, 0) is 53.0 Å². The number of carboxylic acids is 1. The van der Waals surface area contributed by atoms with E-state index < -0.39 is 35.4 Å². The average molecular weight is 1400 g/mol. The van der Waals surface area contributed by atoms with Gasteiger partial charge in [0.15, 0.2) is 5.78 Å². The van der Waals surface area contributed by atoms with Crippen molar-refractivity contribution < 1.29 is 102 Å². The minimum Gasteiger partial charge on any atom is -0.493 e. The smallest absolute Gasteiger partial charge is 0.493 e. The van der Waals surface area contributed by atoms with Crippen LogP contribution < -0.4 is 27.9 Å². The van der Waals surface area contributed by atoms with E-state index in [4.69, 9.17) is 59.4 Å². The van der Waals surface area contributed by atoms with Gasteiger partial charge >= 0.3 is 45.5 Å². The number of hydrogen-bond donors (Lipinski definition) is 1. The number of aliphatic carboxylic acids is 1. The van der Waals surface area contributed by atoms with Gasteiger partial charge in [-0.05, 0) is 111 Å². The number of nitriles is 1. The quantitative estimate of drug-likeness (QED) is 0.0231. The van der Waals surface area contributed by atoms with E-state index in [1.54, 1.807) is 31.2 Å². The normalized spacial score (nSPS) is 26.5. The van der Waals surface area contributed by atoms with Crippen molar-refractivity contribution in [1.82, 2.24) is 0 Å². The number of rotatable bonds is 12. The van der Waals surface area contributed by atoms with E-state index in [2.05, 4.69) is 53.3 Å². The molecule has 1 N–H and O–H groups in total. The lowest BCUT2D eigenvalue weighted by Gasteiger charge is -2.17. The molecule has 0 radical (unpaired) electrons. The van der Waals surface area contributed by atoms with Crippen LogP contribution in [0.5, 0.6) is 34.5 Å². The van der Waals surface area contributed by atoms with Crippen molar-refractivity contribution >= 4 is 53.8 Å². The minimum atomic E-state index is -5.74. The van der Waals surface area contributed by atoms with Gasteiger partial charge in [-0.15, -0.1) is 12.0 Å². The van der Waals surface area contributed by atoms with Gasteiger partial charge in [0.25, 0.3) is 0 Å². The Bertz CT molecular complexity index is 4310. The molecule has 20 nitrogen and oxygen atoms in total. The Balaban J connectivity index is 0.000000126. The van der Waals surface area contributed by atoms with E-state index in [-0.39, 0.29) is 137 Å². The van der Waals surface area contributed by atoms with Crippen molar-refractivity contribution in [2.75, 3.05) is 59.5 Å². The van der Waals surface area contributed by atoms with Crippen LogP contribution in [0.15, 0.2) is 91.0 Å². The van der Waals surface area contributed by atoms with Crippen LogP contribution >= 0.6 is 0 Å². The Morgan fingerprint density at radius 2 is 0.859 bits per heavy atom. The van der Waals surface area contributed by atoms with Gasteiger partial charge in [0.1, 0.15) is 42.6 Å².